The molecule has 0 bridgehead atoms. The summed E-state index contributed by atoms with van der Waals surface area (Å²) < 4.78 is 11.0. The van der Waals surface area contributed by atoms with Crippen molar-refractivity contribution in [3.05, 3.63) is 23.8 Å². The Morgan fingerprint density at radius 1 is 1.15 bits per heavy atom. The molecule has 2 aliphatic rings. The smallest absolute Gasteiger partial charge is 0.161 e. The second-order valence-electron chi connectivity index (χ2n) is 5.90. The molecule has 0 aromatic heterocycles. The molecule has 3 N–H and O–H groups in total. The molecule has 4 heteroatoms. The molecular formula is C16H23NO3. The zero-order valence-corrected chi connectivity index (χ0v) is 11.8. The van der Waals surface area contributed by atoms with Crippen LogP contribution < -0.4 is 15.2 Å². The van der Waals surface area contributed by atoms with Crippen LogP contribution in [-0.2, 0) is 0 Å². The van der Waals surface area contributed by atoms with Gasteiger partial charge in [-0.25, -0.2) is 0 Å². The molecule has 1 aliphatic heterocycles. The molecule has 4 nitrogen and oxygen atoms in total. The molecule has 1 heterocycles. The van der Waals surface area contributed by atoms with Gasteiger partial charge in [0.15, 0.2) is 11.5 Å². The zero-order chi connectivity index (χ0) is 13.9. The maximum absolute atomic E-state index is 10.4. The Morgan fingerprint density at radius 2 is 1.85 bits per heavy atom. The minimum absolute atomic E-state index is 0.208. The Bertz CT molecular complexity index is 457. The first kappa shape index (κ1) is 13.7. The lowest BCUT2D eigenvalue weighted by Crippen LogP contribution is -2.30. The quantitative estimate of drug-likeness (QED) is 0.887. The van der Waals surface area contributed by atoms with Crippen molar-refractivity contribution in [3.63, 3.8) is 0 Å². The van der Waals surface area contributed by atoms with E-state index in [1.165, 1.54) is 25.7 Å². The molecule has 1 fully saturated rings. The highest BCUT2D eigenvalue weighted by molar-refractivity contribution is 5.44. The molecule has 1 aromatic carbocycles. The summed E-state index contributed by atoms with van der Waals surface area (Å²) in [7, 11) is 0. The fourth-order valence-corrected chi connectivity index (χ4v) is 3.25. The van der Waals surface area contributed by atoms with Crippen molar-refractivity contribution in [2.24, 2.45) is 11.7 Å². The van der Waals surface area contributed by atoms with E-state index in [1.807, 2.05) is 18.2 Å². The third-order valence-corrected chi connectivity index (χ3v) is 4.39. The summed E-state index contributed by atoms with van der Waals surface area (Å²) >= 11 is 0. The van der Waals surface area contributed by atoms with Gasteiger partial charge in [-0.05, 0) is 30.0 Å². The molecule has 0 unspecified atom stereocenters. The Morgan fingerprint density at radius 3 is 2.60 bits per heavy atom. The lowest BCUT2D eigenvalue weighted by molar-refractivity contribution is 0.131. The van der Waals surface area contributed by atoms with Crippen LogP contribution in [0.2, 0.25) is 0 Å². The summed E-state index contributed by atoms with van der Waals surface area (Å²) in [5.74, 6) is 2.13. The van der Waals surface area contributed by atoms with Crippen LogP contribution in [0.5, 0.6) is 11.5 Å². The topological polar surface area (TPSA) is 64.7 Å². The van der Waals surface area contributed by atoms with Gasteiger partial charge in [0.05, 0.1) is 6.10 Å². The van der Waals surface area contributed by atoms with Gasteiger partial charge in [-0.3, -0.25) is 0 Å². The molecule has 1 saturated carbocycles. The van der Waals surface area contributed by atoms with E-state index < -0.39 is 6.10 Å². The summed E-state index contributed by atoms with van der Waals surface area (Å²) in [4.78, 5) is 0. The SMILES string of the molecule is N[C@H](CC1CCCC1)[C@H](O)c1ccc2c(c1)OCCO2. The second-order valence-corrected chi connectivity index (χ2v) is 5.90. The zero-order valence-electron chi connectivity index (χ0n) is 11.8. The fraction of sp³-hybridized carbons (Fsp3) is 0.625. The van der Waals surface area contributed by atoms with Gasteiger partial charge >= 0.3 is 0 Å². The second kappa shape index (κ2) is 6.02. The predicted octanol–water partition coefficient (Wildman–Crippen LogP) is 2.40. The molecule has 0 radical (unpaired) electrons. The van der Waals surface area contributed by atoms with Gasteiger partial charge in [-0.2, -0.15) is 0 Å². The fourth-order valence-electron chi connectivity index (χ4n) is 3.25. The monoisotopic (exact) mass is 277 g/mol. The van der Waals surface area contributed by atoms with E-state index >= 15 is 0 Å². The van der Waals surface area contributed by atoms with E-state index in [1.54, 1.807) is 0 Å². The Kier molecular flexibility index (Phi) is 4.13. The van der Waals surface area contributed by atoms with Crippen LogP contribution in [0.3, 0.4) is 0 Å². The summed E-state index contributed by atoms with van der Waals surface area (Å²) in [5.41, 5.74) is 7.00. The summed E-state index contributed by atoms with van der Waals surface area (Å²) in [6, 6.07) is 5.39. The van der Waals surface area contributed by atoms with Gasteiger partial charge in [0.2, 0.25) is 0 Å². The summed E-state index contributed by atoms with van der Waals surface area (Å²) in [6.45, 7) is 1.14. The number of nitrogens with two attached hydrogens (primary N) is 1. The van der Waals surface area contributed by atoms with E-state index in [4.69, 9.17) is 15.2 Å². The lowest BCUT2D eigenvalue weighted by atomic mass is 9.92. The van der Waals surface area contributed by atoms with E-state index in [0.717, 1.165) is 17.7 Å². The Labute approximate surface area is 119 Å². The van der Waals surface area contributed by atoms with Crippen LogP contribution in [0, 0.1) is 5.92 Å². The van der Waals surface area contributed by atoms with Gasteiger partial charge in [0, 0.05) is 6.04 Å². The van der Waals surface area contributed by atoms with Crippen molar-refractivity contribution >= 4 is 0 Å². The van der Waals surface area contributed by atoms with E-state index in [0.29, 0.717) is 24.9 Å². The standard InChI is InChI=1S/C16H23NO3/c17-13(9-11-3-1-2-4-11)16(18)12-5-6-14-15(10-12)20-8-7-19-14/h5-6,10-11,13,16,18H,1-4,7-9,17H2/t13-,16-/m1/s1. The maximum atomic E-state index is 10.4. The van der Waals surface area contributed by atoms with E-state index in [2.05, 4.69) is 0 Å². The third-order valence-electron chi connectivity index (χ3n) is 4.39. The highest BCUT2D eigenvalue weighted by Gasteiger charge is 2.24. The Balaban J connectivity index is 1.67. The molecular weight excluding hydrogens is 254 g/mol. The first-order valence-corrected chi connectivity index (χ1v) is 7.57. The van der Waals surface area contributed by atoms with Crippen LogP contribution in [0.25, 0.3) is 0 Å². The normalized spacial score (nSPS) is 21.7. The Hall–Kier alpha value is -1.26. The number of hydrogen-bond donors (Lipinski definition) is 2. The van der Waals surface area contributed by atoms with Gasteiger partial charge < -0.3 is 20.3 Å². The molecule has 20 heavy (non-hydrogen) atoms. The number of ether oxygens (including phenoxy) is 2. The van der Waals surface area contributed by atoms with Gasteiger partial charge in [0.1, 0.15) is 13.2 Å². The molecule has 1 aliphatic carbocycles. The number of fused-ring (bicyclic) bond motifs is 1. The minimum atomic E-state index is -0.633. The minimum Gasteiger partial charge on any atom is -0.486 e. The first-order chi connectivity index (χ1) is 9.74. The van der Waals surface area contributed by atoms with Gasteiger partial charge in [-0.1, -0.05) is 31.7 Å². The number of benzene rings is 1. The molecule has 1 aromatic rings. The number of aliphatic hydroxyl groups excluding tert-OH is 1. The molecule has 3 rings (SSSR count). The highest BCUT2D eigenvalue weighted by Crippen LogP contribution is 2.35. The van der Waals surface area contributed by atoms with Crippen molar-refractivity contribution in [1.82, 2.24) is 0 Å². The van der Waals surface area contributed by atoms with E-state index in [9.17, 15) is 5.11 Å². The molecule has 110 valence electrons. The average molecular weight is 277 g/mol. The van der Waals surface area contributed by atoms with Crippen LogP contribution >= 0.6 is 0 Å². The largest absolute Gasteiger partial charge is 0.486 e. The molecule has 0 spiro atoms. The third kappa shape index (κ3) is 2.91. The van der Waals surface area contributed by atoms with Crippen molar-refractivity contribution in [2.45, 2.75) is 44.2 Å². The average Bonchev–Trinajstić information content (AvgIpc) is 2.99. The van der Waals surface area contributed by atoms with Crippen molar-refractivity contribution in [3.8, 4) is 11.5 Å². The van der Waals surface area contributed by atoms with Gasteiger partial charge in [-0.15, -0.1) is 0 Å². The van der Waals surface area contributed by atoms with Gasteiger partial charge in [0.25, 0.3) is 0 Å². The van der Waals surface area contributed by atoms with Crippen LogP contribution in [0.4, 0.5) is 0 Å². The van der Waals surface area contributed by atoms with Crippen LogP contribution in [0.1, 0.15) is 43.8 Å². The number of aliphatic hydroxyl groups is 1. The van der Waals surface area contributed by atoms with Crippen molar-refractivity contribution in [2.75, 3.05) is 13.2 Å². The summed E-state index contributed by atoms with van der Waals surface area (Å²) in [5, 5.41) is 10.4. The first-order valence-electron chi connectivity index (χ1n) is 7.57. The van der Waals surface area contributed by atoms with E-state index in [-0.39, 0.29) is 6.04 Å². The van der Waals surface area contributed by atoms with Crippen LogP contribution in [-0.4, -0.2) is 24.4 Å². The molecule has 2 atom stereocenters. The summed E-state index contributed by atoms with van der Waals surface area (Å²) in [6.07, 6.45) is 5.37. The van der Waals surface area contributed by atoms with Crippen LogP contribution in [0.15, 0.2) is 18.2 Å². The lowest BCUT2D eigenvalue weighted by Gasteiger charge is -2.24. The number of hydrogen-bond acceptors (Lipinski definition) is 4. The van der Waals surface area contributed by atoms with Crippen molar-refractivity contribution in [1.29, 1.82) is 0 Å². The molecule has 0 saturated heterocycles. The highest BCUT2D eigenvalue weighted by atomic mass is 16.6. The maximum Gasteiger partial charge on any atom is 0.161 e. The number of rotatable bonds is 4. The van der Waals surface area contributed by atoms with Crippen molar-refractivity contribution < 1.29 is 14.6 Å². The predicted molar refractivity (Wildman–Crippen MR) is 76.9 cm³/mol. The molecule has 0 amide bonds.